The molecule has 1 saturated carbocycles. The molecule has 0 radical (unpaired) electrons. The summed E-state index contributed by atoms with van der Waals surface area (Å²) in [5.74, 6) is 0.0301. The Labute approximate surface area is 91.3 Å². The van der Waals surface area contributed by atoms with Crippen molar-refractivity contribution >= 4 is 0 Å². The molecule has 1 aliphatic rings. The minimum Gasteiger partial charge on any atom is -0.390 e. The van der Waals surface area contributed by atoms with Crippen molar-refractivity contribution in [3.63, 3.8) is 0 Å². The number of unbranched alkanes of at least 4 members (excludes halogenated alkanes) is 1. The highest BCUT2D eigenvalue weighted by Gasteiger charge is 2.40. The second kappa shape index (κ2) is 5.80. The van der Waals surface area contributed by atoms with Crippen LogP contribution in [0.15, 0.2) is 0 Å². The maximum absolute atomic E-state index is 9.75. The summed E-state index contributed by atoms with van der Waals surface area (Å²) in [6, 6.07) is -0.0926. The van der Waals surface area contributed by atoms with Crippen LogP contribution in [-0.2, 0) is 0 Å². The van der Waals surface area contributed by atoms with Gasteiger partial charge in [0.05, 0.1) is 12.2 Å². The molecule has 4 heteroatoms. The molecule has 90 valence electrons. The van der Waals surface area contributed by atoms with Gasteiger partial charge < -0.3 is 20.6 Å². The lowest BCUT2D eigenvalue weighted by Crippen LogP contribution is -2.57. The second-order valence-electron chi connectivity index (χ2n) is 4.60. The molecule has 0 bridgehead atoms. The van der Waals surface area contributed by atoms with Crippen molar-refractivity contribution in [2.24, 2.45) is 5.92 Å². The van der Waals surface area contributed by atoms with Gasteiger partial charge in [-0.3, -0.25) is 0 Å². The van der Waals surface area contributed by atoms with E-state index in [0.29, 0.717) is 6.42 Å². The van der Waals surface area contributed by atoms with Gasteiger partial charge in [-0.15, -0.1) is 0 Å². The quantitative estimate of drug-likeness (QED) is 0.495. The fourth-order valence-corrected chi connectivity index (χ4v) is 2.12. The zero-order valence-corrected chi connectivity index (χ0v) is 9.56. The summed E-state index contributed by atoms with van der Waals surface area (Å²) in [5.41, 5.74) is 0. The molecule has 15 heavy (non-hydrogen) atoms. The highest BCUT2D eigenvalue weighted by atomic mass is 16.4. The van der Waals surface area contributed by atoms with Crippen molar-refractivity contribution in [1.82, 2.24) is 5.32 Å². The van der Waals surface area contributed by atoms with Gasteiger partial charge in [-0.25, -0.2) is 0 Å². The molecule has 0 aromatic rings. The number of nitrogens with one attached hydrogen (secondary N) is 1. The van der Waals surface area contributed by atoms with Gasteiger partial charge in [0.25, 0.3) is 0 Å². The van der Waals surface area contributed by atoms with Crippen LogP contribution in [0.25, 0.3) is 0 Å². The molecule has 1 aliphatic carbocycles. The average Bonchev–Trinajstić information content (AvgIpc) is 2.23. The van der Waals surface area contributed by atoms with E-state index in [0.717, 1.165) is 19.4 Å². The third kappa shape index (κ3) is 3.14. The summed E-state index contributed by atoms with van der Waals surface area (Å²) < 4.78 is 0. The van der Waals surface area contributed by atoms with Crippen LogP contribution >= 0.6 is 0 Å². The molecular weight excluding hydrogens is 194 g/mol. The third-order valence-electron chi connectivity index (χ3n) is 3.26. The maximum atomic E-state index is 9.75. The number of aliphatic hydroxyl groups is 3. The van der Waals surface area contributed by atoms with E-state index in [4.69, 9.17) is 0 Å². The molecule has 0 aromatic heterocycles. The fraction of sp³-hybridized carbons (Fsp3) is 1.00. The minimum absolute atomic E-state index is 0.0301. The van der Waals surface area contributed by atoms with E-state index in [1.165, 1.54) is 0 Å². The molecule has 0 heterocycles. The molecule has 5 atom stereocenters. The van der Waals surface area contributed by atoms with Gasteiger partial charge in [0.2, 0.25) is 0 Å². The van der Waals surface area contributed by atoms with Crippen molar-refractivity contribution in [2.75, 3.05) is 6.54 Å². The molecular formula is C11H23NO3. The molecule has 4 nitrogen and oxygen atoms in total. The first-order valence-electron chi connectivity index (χ1n) is 5.85. The Morgan fingerprint density at radius 1 is 1.13 bits per heavy atom. The third-order valence-corrected chi connectivity index (χ3v) is 3.26. The van der Waals surface area contributed by atoms with Gasteiger partial charge in [-0.1, -0.05) is 20.3 Å². The fourth-order valence-electron chi connectivity index (χ4n) is 2.12. The van der Waals surface area contributed by atoms with Crippen LogP contribution in [0.1, 0.15) is 33.1 Å². The monoisotopic (exact) mass is 217 g/mol. The zero-order chi connectivity index (χ0) is 11.4. The minimum atomic E-state index is -1.02. The average molecular weight is 217 g/mol. The zero-order valence-electron chi connectivity index (χ0n) is 9.56. The van der Waals surface area contributed by atoms with Gasteiger partial charge in [0.1, 0.15) is 6.10 Å². The van der Waals surface area contributed by atoms with Crippen LogP contribution in [0.3, 0.4) is 0 Å². The number of aliphatic hydroxyl groups excluding tert-OH is 3. The van der Waals surface area contributed by atoms with Crippen molar-refractivity contribution in [2.45, 2.75) is 57.5 Å². The molecule has 0 spiro atoms. The van der Waals surface area contributed by atoms with Crippen molar-refractivity contribution in [3.05, 3.63) is 0 Å². The first-order chi connectivity index (χ1) is 7.07. The topological polar surface area (TPSA) is 72.7 Å². The molecule has 0 saturated heterocycles. The van der Waals surface area contributed by atoms with Gasteiger partial charge in [0.15, 0.2) is 0 Å². The Bertz CT molecular complexity index is 189. The summed E-state index contributed by atoms with van der Waals surface area (Å²) in [4.78, 5) is 0. The molecule has 0 amide bonds. The summed E-state index contributed by atoms with van der Waals surface area (Å²) in [6.07, 6.45) is 0.209. The molecule has 1 rings (SSSR count). The van der Waals surface area contributed by atoms with E-state index < -0.39 is 18.3 Å². The summed E-state index contributed by atoms with van der Waals surface area (Å²) in [6.45, 7) is 4.86. The predicted molar refractivity (Wildman–Crippen MR) is 58.5 cm³/mol. The van der Waals surface area contributed by atoms with E-state index in [-0.39, 0.29) is 12.0 Å². The highest BCUT2D eigenvalue weighted by Crippen LogP contribution is 2.25. The van der Waals surface area contributed by atoms with Gasteiger partial charge in [-0.2, -0.15) is 0 Å². The van der Waals surface area contributed by atoms with Crippen molar-refractivity contribution in [3.8, 4) is 0 Å². The maximum Gasteiger partial charge on any atom is 0.107 e. The van der Waals surface area contributed by atoms with Gasteiger partial charge >= 0.3 is 0 Å². The largest absolute Gasteiger partial charge is 0.390 e. The summed E-state index contributed by atoms with van der Waals surface area (Å²) in [5, 5.41) is 32.2. The molecule has 1 fully saturated rings. The van der Waals surface area contributed by atoms with E-state index in [9.17, 15) is 15.3 Å². The van der Waals surface area contributed by atoms with Gasteiger partial charge in [0, 0.05) is 6.04 Å². The molecule has 5 unspecified atom stereocenters. The van der Waals surface area contributed by atoms with Crippen LogP contribution in [-0.4, -0.2) is 46.2 Å². The SMILES string of the molecule is CCCCNC1CC(C)C(O)C(O)C1O. The number of hydrogen-bond donors (Lipinski definition) is 4. The molecule has 0 aliphatic heterocycles. The van der Waals surface area contributed by atoms with Crippen LogP contribution in [0, 0.1) is 5.92 Å². The lowest BCUT2D eigenvalue weighted by molar-refractivity contribution is -0.119. The van der Waals surface area contributed by atoms with Crippen LogP contribution < -0.4 is 5.32 Å². The Balaban J connectivity index is 2.43. The Kier molecular flexibility index (Phi) is 4.99. The lowest BCUT2D eigenvalue weighted by Gasteiger charge is -2.39. The van der Waals surface area contributed by atoms with E-state index in [1.54, 1.807) is 0 Å². The molecule has 4 N–H and O–H groups in total. The van der Waals surface area contributed by atoms with Gasteiger partial charge in [-0.05, 0) is 25.3 Å². The summed E-state index contributed by atoms with van der Waals surface area (Å²) in [7, 11) is 0. The van der Waals surface area contributed by atoms with Crippen LogP contribution in [0.4, 0.5) is 0 Å². The smallest absolute Gasteiger partial charge is 0.107 e. The Morgan fingerprint density at radius 2 is 1.80 bits per heavy atom. The van der Waals surface area contributed by atoms with E-state index in [2.05, 4.69) is 12.2 Å². The second-order valence-corrected chi connectivity index (χ2v) is 4.60. The van der Waals surface area contributed by atoms with Crippen LogP contribution in [0.2, 0.25) is 0 Å². The lowest BCUT2D eigenvalue weighted by atomic mass is 9.80. The molecule has 0 aromatic carbocycles. The number of hydrogen-bond acceptors (Lipinski definition) is 4. The Hall–Kier alpha value is -0.160. The highest BCUT2D eigenvalue weighted by molar-refractivity contribution is 4.94. The van der Waals surface area contributed by atoms with E-state index in [1.807, 2.05) is 6.92 Å². The summed E-state index contributed by atoms with van der Waals surface area (Å²) >= 11 is 0. The van der Waals surface area contributed by atoms with Crippen molar-refractivity contribution in [1.29, 1.82) is 0 Å². The number of rotatable bonds is 4. The first-order valence-corrected chi connectivity index (χ1v) is 5.85. The van der Waals surface area contributed by atoms with Crippen molar-refractivity contribution < 1.29 is 15.3 Å². The Morgan fingerprint density at radius 3 is 2.40 bits per heavy atom. The standard InChI is InChI=1S/C11H23NO3/c1-3-4-5-12-8-6-7(2)9(13)11(15)10(8)14/h7-15H,3-6H2,1-2H3. The normalized spacial score (nSPS) is 41.8. The predicted octanol–water partition coefficient (Wildman–Crippen LogP) is -0.133. The van der Waals surface area contributed by atoms with E-state index >= 15 is 0 Å². The van der Waals surface area contributed by atoms with Crippen LogP contribution in [0.5, 0.6) is 0 Å². The first kappa shape index (κ1) is 12.9.